The molecule has 2 aromatic carbocycles. The molecule has 2 aromatic rings. The zero-order chi connectivity index (χ0) is 24.3. The van der Waals surface area contributed by atoms with Gasteiger partial charge >= 0.3 is 0 Å². The van der Waals surface area contributed by atoms with Gasteiger partial charge in [-0.25, -0.2) is 5.48 Å². The summed E-state index contributed by atoms with van der Waals surface area (Å²) in [5, 5.41) is 19.5. The van der Waals surface area contributed by atoms with E-state index >= 15 is 0 Å². The minimum Gasteiger partial charge on any atom is -0.494 e. The van der Waals surface area contributed by atoms with Gasteiger partial charge in [-0.3, -0.25) is 19.7 Å². The number of hydrogen-bond donors (Lipinski definition) is 3. The van der Waals surface area contributed by atoms with Crippen LogP contribution in [0.5, 0.6) is 5.75 Å². The maximum atomic E-state index is 13.3. The Morgan fingerprint density at radius 2 is 1.68 bits per heavy atom. The second-order valence-electron chi connectivity index (χ2n) is 8.58. The van der Waals surface area contributed by atoms with Gasteiger partial charge in [0.2, 0.25) is 5.91 Å². The molecular formula is C26H35N3O5. The van der Waals surface area contributed by atoms with Gasteiger partial charge in [0, 0.05) is 32.7 Å². The average molecular weight is 470 g/mol. The average Bonchev–Trinajstić information content (AvgIpc) is 2.87. The number of amides is 2. The molecule has 34 heavy (non-hydrogen) atoms. The molecule has 3 N–H and O–H groups in total. The molecule has 184 valence electrons. The van der Waals surface area contributed by atoms with Crippen LogP contribution in [0.25, 0.3) is 0 Å². The highest BCUT2D eigenvalue weighted by molar-refractivity contribution is 5.88. The number of hydrogen-bond acceptors (Lipinski definition) is 6. The van der Waals surface area contributed by atoms with E-state index in [1.807, 2.05) is 49.4 Å². The van der Waals surface area contributed by atoms with E-state index in [4.69, 9.17) is 9.94 Å². The van der Waals surface area contributed by atoms with E-state index in [9.17, 15) is 14.7 Å². The highest BCUT2D eigenvalue weighted by Gasteiger charge is 2.35. The van der Waals surface area contributed by atoms with Crippen LogP contribution in [0.4, 0.5) is 0 Å². The van der Waals surface area contributed by atoms with Gasteiger partial charge in [-0.15, -0.1) is 0 Å². The zero-order valence-corrected chi connectivity index (χ0v) is 19.7. The standard InChI is InChI=1S/C26H35N3O5/c1-2-34-22-13-11-20(12-14-22)9-6-10-23(24(30)25(31)27-33)26(32)29-17-15-28(16-18-29)19-21-7-4-3-5-8-21/h3-5,7-8,11-14,23-24,30,33H,2,6,9-10,15-19H2,1H3,(H,27,31)/t23-,24+/m1/s1. The van der Waals surface area contributed by atoms with Gasteiger partial charge in [0.15, 0.2) is 0 Å². The summed E-state index contributed by atoms with van der Waals surface area (Å²) >= 11 is 0. The van der Waals surface area contributed by atoms with Crippen molar-refractivity contribution in [2.24, 2.45) is 5.92 Å². The van der Waals surface area contributed by atoms with E-state index in [2.05, 4.69) is 17.0 Å². The fourth-order valence-corrected chi connectivity index (χ4v) is 4.31. The minimum atomic E-state index is -1.60. The summed E-state index contributed by atoms with van der Waals surface area (Å²) in [6.07, 6.45) is 0.0632. The molecule has 1 heterocycles. The van der Waals surface area contributed by atoms with Crippen molar-refractivity contribution in [1.82, 2.24) is 15.3 Å². The molecule has 2 amide bonds. The number of aliphatic hydroxyl groups excluding tert-OH is 1. The number of aryl methyl sites for hydroxylation is 1. The first-order chi connectivity index (χ1) is 16.5. The van der Waals surface area contributed by atoms with Crippen molar-refractivity contribution in [3.8, 4) is 5.75 Å². The molecule has 1 aliphatic rings. The SMILES string of the molecule is CCOc1ccc(CCC[C@@H](C(=O)N2CCN(Cc3ccccc3)CC2)[C@H](O)C(=O)NO)cc1. The van der Waals surface area contributed by atoms with Crippen molar-refractivity contribution in [3.05, 3.63) is 65.7 Å². The van der Waals surface area contributed by atoms with Crippen LogP contribution in [-0.2, 0) is 22.6 Å². The lowest BCUT2D eigenvalue weighted by Gasteiger charge is -2.37. The summed E-state index contributed by atoms with van der Waals surface area (Å²) in [7, 11) is 0. The third-order valence-corrected chi connectivity index (χ3v) is 6.23. The first-order valence-electron chi connectivity index (χ1n) is 11.9. The van der Waals surface area contributed by atoms with Gasteiger partial charge in [-0.2, -0.15) is 0 Å². The maximum Gasteiger partial charge on any atom is 0.272 e. The summed E-state index contributed by atoms with van der Waals surface area (Å²) in [4.78, 5) is 29.2. The van der Waals surface area contributed by atoms with Crippen molar-refractivity contribution in [2.75, 3.05) is 32.8 Å². The fourth-order valence-electron chi connectivity index (χ4n) is 4.31. The number of aliphatic hydroxyl groups is 1. The quantitative estimate of drug-likeness (QED) is 0.345. The van der Waals surface area contributed by atoms with Gasteiger partial charge in [0.25, 0.3) is 5.91 Å². The van der Waals surface area contributed by atoms with Crippen LogP contribution in [0.15, 0.2) is 54.6 Å². The number of nitrogens with one attached hydrogen (secondary N) is 1. The topological polar surface area (TPSA) is 102 Å². The summed E-state index contributed by atoms with van der Waals surface area (Å²) < 4.78 is 5.46. The van der Waals surface area contributed by atoms with Crippen LogP contribution in [0.1, 0.15) is 30.9 Å². The van der Waals surface area contributed by atoms with Crippen molar-refractivity contribution in [3.63, 3.8) is 0 Å². The lowest BCUT2D eigenvalue weighted by Crippen LogP contribution is -2.53. The largest absolute Gasteiger partial charge is 0.494 e. The predicted octanol–water partition coefficient (Wildman–Crippen LogP) is 2.23. The van der Waals surface area contributed by atoms with Gasteiger partial charge in [0.05, 0.1) is 12.5 Å². The number of carbonyl (C=O) groups is 2. The minimum absolute atomic E-state index is 0.248. The monoisotopic (exact) mass is 469 g/mol. The maximum absolute atomic E-state index is 13.3. The van der Waals surface area contributed by atoms with E-state index in [-0.39, 0.29) is 5.91 Å². The Morgan fingerprint density at radius 3 is 2.29 bits per heavy atom. The van der Waals surface area contributed by atoms with Crippen LogP contribution in [0.3, 0.4) is 0 Å². The third-order valence-electron chi connectivity index (χ3n) is 6.23. The Hall–Kier alpha value is -2.94. The molecule has 1 saturated heterocycles. The molecule has 0 spiro atoms. The molecule has 2 atom stereocenters. The number of hydroxylamine groups is 1. The Bertz CT molecular complexity index is 898. The molecular weight excluding hydrogens is 434 g/mol. The molecule has 3 rings (SSSR count). The number of ether oxygens (including phenoxy) is 1. The van der Waals surface area contributed by atoms with Crippen LogP contribution in [0, 0.1) is 5.92 Å². The van der Waals surface area contributed by atoms with Crippen LogP contribution >= 0.6 is 0 Å². The molecule has 1 fully saturated rings. The number of rotatable bonds is 11. The van der Waals surface area contributed by atoms with Crippen LogP contribution in [0.2, 0.25) is 0 Å². The van der Waals surface area contributed by atoms with Crippen LogP contribution < -0.4 is 10.2 Å². The predicted molar refractivity (Wildman–Crippen MR) is 128 cm³/mol. The van der Waals surface area contributed by atoms with E-state index in [1.165, 1.54) is 11.0 Å². The summed E-state index contributed by atoms with van der Waals surface area (Å²) in [5.74, 6) is -1.31. The smallest absolute Gasteiger partial charge is 0.272 e. The highest BCUT2D eigenvalue weighted by atomic mass is 16.5. The zero-order valence-electron chi connectivity index (χ0n) is 19.7. The van der Waals surface area contributed by atoms with E-state index in [0.29, 0.717) is 39.0 Å². The lowest BCUT2D eigenvalue weighted by molar-refractivity contribution is -0.151. The molecule has 8 heteroatoms. The lowest BCUT2D eigenvalue weighted by atomic mass is 9.92. The van der Waals surface area contributed by atoms with Gasteiger partial charge in [-0.05, 0) is 49.4 Å². The van der Waals surface area contributed by atoms with Gasteiger partial charge < -0.3 is 14.7 Å². The van der Waals surface area contributed by atoms with Gasteiger partial charge in [-0.1, -0.05) is 42.5 Å². The van der Waals surface area contributed by atoms with Crippen molar-refractivity contribution < 1.29 is 24.6 Å². The normalized spacial score (nSPS) is 16.0. The number of piperazine rings is 1. The molecule has 1 aliphatic heterocycles. The second-order valence-corrected chi connectivity index (χ2v) is 8.58. The fraction of sp³-hybridized carbons (Fsp3) is 0.462. The van der Waals surface area contributed by atoms with E-state index < -0.39 is 17.9 Å². The van der Waals surface area contributed by atoms with Crippen LogP contribution in [-0.4, -0.2) is 70.8 Å². The molecule has 0 unspecified atom stereocenters. The first-order valence-corrected chi connectivity index (χ1v) is 11.9. The first kappa shape index (κ1) is 25.7. The molecule has 8 nitrogen and oxygen atoms in total. The van der Waals surface area contributed by atoms with Crippen molar-refractivity contribution >= 4 is 11.8 Å². The second kappa shape index (κ2) is 13.1. The van der Waals surface area contributed by atoms with Crippen molar-refractivity contribution in [1.29, 1.82) is 0 Å². The summed E-state index contributed by atoms with van der Waals surface area (Å²) in [6, 6.07) is 18.0. The molecule has 0 bridgehead atoms. The Kier molecular flexibility index (Phi) is 9.88. The highest BCUT2D eigenvalue weighted by Crippen LogP contribution is 2.21. The Labute approximate surface area is 201 Å². The van der Waals surface area contributed by atoms with Gasteiger partial charge in [0.1, 0.15) is 11.9 Å². The Balaban J connectivity index is 1.55. The van der Waals surface area contributed by atoms with E-state index in [1.54, 1.807) is 4.90 Å². The summed E-state index contributed by atoms with van der Waals surface area (Å²) in [6.45, 7) is 5.88. The molecule has 0 aromatic heterocycles. The summed E-state index contributed by atoms with van der Waals surface area (Å²) in [5.41, 5.74) is 3.80. The van der Waals surface area contributed by atoms with E-state index in [0.717, 1.165) is 30.9 Å². The van der Waals surface area contributed by atoms with Crippen molar-refractivity contribution in [2.45, 2.75) is 38.8 Å². The molecule has 0 aliphatic carbocycles. The third kappa shape index (κ3) is 7.28. The number of carbonyl (C=O) groups excluding carboxylic acids is 2. The number of benzene rings is 2. The number of nitrogens with zero attached hydrogens (tertiary/aromatic N) is 2. The Morgan fingerprint density at radius 1 is 1.00 bits per heavy atom. The molecule has 0 saturated carbocycles. The molecule has 0 radical (unpaired) electrons.